The van der Waals surface area contributed by atoms with Crippen LogP contribution in [0.15, 0.2) is 29.4 Å². The lowest BCUT2D eigenvalue weighted by Gasteiger charge is -2.25. The number of rotatable bonds is 6. The summed E-state index contributed by atoms with van der Waals surface area (Å²) in [6, 6.07) is 6.36. The molecule has 29 heavy (non-hydrogen) atoms. The molecule has 1 aliphatic rings. The molecule has 0 saturated heterocycles. The number of nitrogens with zero attached hydrogens (tertiary/aromatic N) is 6. The van der Waals surface area contributed by atoms with E-state index in [9.17, 15) is 0 Å². The van der Waals surface area contributed by atoms with E-state index in [2.05, 4.69) is 56.2 Å². The average molecular weight is 396 g/mol. The number of pyridine rings is 1. The molecule has 9 nitrogen and oxygen atoms in total. The standard InChI is InChI=1S/C20H28N8O/c1-4-21-20(22-10-16-11-27-14(2)6-5-7-18(27)23-16)24-15-8-9-19-25-17(13-29-3)26-28(19)12-15/h5-7,11,15H,4,8-10,12-13H2,1-3H3,(H2,21,22,24). The van der Waals surface area contributed by atoms with Crippen LogP contribution in [-0.4, -0.2) is 49.8 Å². The summed E-state index contributed by atoms with van der Waals surface area (Å²) in [6.07, 6.45) is 3.93. The van der Waals surface area contributed by atoms with Crippen molar-refractivity contribution in [1.82, 2.24) is 34.8 Å². The van der Waals surface area contributed by atoms with Gasteiger partial charge in [0.1, 0.15) is 18.1 Å². The predicted octanol–water partition coefficient (Wildman–Crippen LogP) is 1.45. The first kappa shape index (κ1) is 19.4. The van der Waals surface area contributed by atoms with Gasteiger partial charge in [0.05, 0.1) is 18.8 Å². The second-order valence-corrected chi connectivity index (χ2v) is 7.26. The molecule has 3 aromatic rings. The number of nitrogens with one attached hydrogen (secondary N) is 2. The summed E-state index contributed by atoms with van der Waals surface area (Å²) in [5, 5.41) is 11.4. The second-order valence-electron chi connectivity index (χ2n) is 7.26. The number of guanidine groups is 1. The summed E-state index contributed by atoms with van der Waals surface area (Å²) in [5.41, 5.74) is 3.06. The van der Waals surface area contributed by atoms with Crippen LogP contribution in [0.3, 0.4) is 0 Å². The molecule has 3 aromatic heterocycles. The van der Waals surface area contributed by atoms with Crippen LogP contribution >= 0.6 is 0 Å². The molecular formula is C20H28N8O. The number of aryl methyl sites for hydroxylation is 2. The number of ether oxygens (including phenoxy) is 1. The maximum atomic E-state index is 5.14. The van der Waals surface area contributed by atoms with Gasteiger partial charge in [0.15, 0.2) is 11.8 Å². The Morgan fingerprint density at radius 3 is 3.03 bits per heavy atom. The van der Waals surface area contributed by atoms with E-state index in [1.807, 2.05) is 16.8 Å². The Kier molecular flexibility index (Phi) is 5.75. The fourth-order valence-corrected chi connectivity index (χ4v) is 3.62. The van der Waals surface area contributed by atoms with Crippen LogP contribution in [0.4, 0.5) is 0 Å². The van der Waals surface area contributed by atoms with Crippen LogP contribution in [0.5, 0.6) is 0 Å². The monoisotopic (exact) mass is 396 g/mol. The van der Waals surface area contributed by atoms with Gasteiger partial charge in [-0.15, -0.1) is 0 Å². The predicted molar refractivity (Wildman–Crippen MR) is 111 cm³/mol. The molecule has 1 aliphatic heterocycles. The molecule has 0 aromatic carbocycles. The molecule has 9 heteroatoms. The molecule has 1 atom stereocenters. The molecule has 4 rings (SSSR count). The molecule has 0 aliphatic carbocycles. The quantitative estimate of drug-likeness (QED) is 0.484. The van der Waals surface area contributed by atoms with Gasteiger partial charge in [-0.2, -0.15) is 5.10 Å². The number of aromatic nitrogens is 5. The number of fused-ring (bicyclic) bond motifs is 2. The van der Waals surface area contributed by atoms with Gasteiger partial charge in [-0.05, 0) is 32.4 Å². The van der Waals surface area contributed by atoms with E-state index in [1.54, 1.807) is 7.11 Å². The Labute approximate surface area is 170 Å². The van der Waals surface area contributed by atoms with Crippen LogP contribution in [0, 0.1) is 6.92 Å². The Morgan fingerprint density at radius 1 is 1.34 bits per heavy atom. The molecular weight excluding hydrogens is 368 g/mol. The van der Waals surface area contributed by atoms with E-state index in [0.717, 1.165) is 60.6 Å². The maximum absolute atomic E-state index is 5.14. The third-order valence-electron chi connectivity index (χ3n) is 5.01. The SMILES string of the molecule is CCNC(=NCc1cn2c(C)cccc2n1)NC1CCc2nc(COC)nn2C1. The molecule has 2 N–H and O–H groups in total. The lowest BCUT2D eigenvalue weighted by Crippen LogP contribution is -2.47. The summed E-state index contributed by atoms with van der Waals surface area (Å²) in [7, 11) is 1.66. The normalized spacial score (nSPS) is 16.8. The van der Waals surface area contributed by atoms with E-state index < -0.39 is 0 Å². The molecule has 1 unspecified atom stereocenters. The highest BCUT2D eigenvalue weighted by Crippen LogP contribution is 2.14. The van der Waals surface area contributed by atoms with Crippen molar-refractivity contribution < 1.29 is 4.74 Å². The third kappa shape index (κ3) is 4.40. The van der Waals surface area contributed by atoms with Gasteiger partial charge in [0.25, 0.3) is 0 Å². The van der Waals surface area contributed by atoms with Crippen LogP contribution in [0.2, 0.25) is 0 Å². The van der Waals surface area contributed by atoms with Crippen molar-refractivity contribution in [2.24, 2.45) is 4.99 Å². The zero-order valence-corrected chi connectivity index (χ0v) is 17.2. The number of hydrogen-bond donors (Lipinski definition) is 2. The average Bonchev–Trinajstić information content (AvgIpc) is 3.30. The van der Waals surface area contributed by atoms with Gasteiger partial charge in [-0.3, -0.25) is 0 Å². The van der Waals surface area contributed by atoms with E-state index >= 15 is 0 Å². The molecule has 0 radical (unpaired) electrons. The Morgan fingerprint density at radius 2 is 2.24 bits per heavy atom. The first-order valence-corrected chi connectivity index (χ1v) is 10.1. The zero-order valence-electron chi connectivity index (χ0n) is 17.2. The number of hydrogen-bond acceptors (Lipinski definition) is 5. The van der Waals surface area contributed by atoms with Crippen molar-refractivity contribution in [3.63, 3.8) is 0 Å². The van der Waals surface area contributed by atoms with Gasteiger partial charge < -0.3 is 19.8 Å². The summed E-state index contributed by atoms with van der Waals surface area (Å²) in [6.45, 7) is 6.68. The number of aliphatic imine (C=N–C) groups is 1. The minimum Gasteiger partial charge on any atom is -0.377 e. The van der Waals surface area contributed by atoms with Gasteiger partial charge in [-0.25, -0.2) is 19.6 Å². The first-order chi connectivity index (χ1) is 14.2. The minimum absolute atomic E-state index is 0.251. The van der Waals surface area contributed by atoms with Crippen molar-refractivity contribution in [2.45, 2.75) is 52.4 Å². The summed E-state index contributed by atoms with van der Waals surface area (Å²) < 4.78 is 9.21. The van der Waals surface area contributed by atoms with Crippen molar-refractivity contribution in [3.8, 4) is 0 Å². The van der Waals surface area contributed by atoms with E-state index in [0.29, 0.717) is 13.2 Å². The van der Waals surface area contributed by atoms with Crippen LogP contribution in [0.25, 0.3) is 5.65 Å². The molecule has 154 valence electrons. The molecule has 0 bridgehead atoms. The molecule has 4 heterocycles. The maximum Gasteiger partial charge on any atom is 0.191 e. The number of methoxy groups -OCH3 is 1. The summed E-state index contributed by atoms with van der Waals surface area (Å²) in [5.74, 6) is 2.56. The fraction of sp³-hybridized carbons (Fsp3) is 0.500. The highest BCUT2D eigenvalue weighted by molar-refractivity contribution is 5.80. The highest BCUT2D eigenvalue weighted by atomic mass is 16.5. The van der Waals surface area contributed by atoms with Crippen molar-refractivity contribution in [2.75, 3.05) is 13.7 Å². The lowest BCUT2D eigenvalue weighted by molar-refractivity contribution is 0.177. The van der Waals surface area contributed by atoms with Gasteiger partial charge in [0, 0.05) is 38.0 Å². The number of imidazole rings is 1. The topological polar surface area (TPSA) is 93.7 Å². The van der Waals surface area contributed by atoms with Crippen LogP contribution in [0.1, 0.15) is 36.4 Å². The zero-order chi connectivity index (χ0) is 20.2. The largest absolute Gasteiger partial charge is 0.377 e. The van der Waals surface area contributed by atoms with Crippen LogP contribution in [-0.2, 0) is 30.9 Å². The van der Waals surface area contributed by atoms with Crippen molar-refractivity contribution in [1.29, 1.82) is 0 Å². The lowest BCUT2D eigenvalue weighted by atomic mass is 10.1. The fourth-order valence-electron chi connectivity index (χ4n) is 3.62. The van der Waals surface area contributed by atoms with E-state index in [1.165, 1.54) is 0 Å². The third-order valence-corrected chi connectivity index (χ3v) is 5.01. The molecule has 0 spiro atoms. The van der Waals surface area contributed by atoms with Crippen LogP contribution < -0.4 is 10.6 Å². The molecule has 0 saturated carbocycles. The van der Waals surface area contributed by atoms with Gasteiger partial charge >= 0.3 is 0 Å². The van der Waals surface area contributed by atoms with E-state index in [-0.39, 0.29) is 6.04 Å². The molecule has 0 amide bonds. The van der Waals surface area contributed by atoms with Gasteiger partial charge in [-0.1, -0.05) is 6.07 Å². The Bertz CT molecular complexity index is 1010. The Hall–Kier alpha value is -2.94. The second kappa shape index (κ2) is 8.60. The first-order valence-electron chi connectivity index (χ1n) is 10.1. The summed E-state index contributed by atoms with van der Waals surface area (Å²) in [4.78, 5) is 14.0. The smallest absolute Gasteiger partial charge is 0.191 e. The van der Waals surface area contributed by atoms with Crippen molar-refractivity contribution in [3.05, 3.63) is 47.4 Å². The van der Waals surface area contributed by atoms with E-state index in [4.69, 9.17) is 9.73 Å². The van der Waals surface area contributed by atoms with Gasteiger partial charge in [0.2, 0.25) is 0 Å². The van der Waals surface area contributed by atoms with Crippen molar-refractivity contribution >= 4 is 11.6 Å². The summed E-state index contributed by atoms with van der Waals surface area (Å²) >= 11 is 0. The Balaban J connectivity index is 1.43. The minimum atomic E-state index is 0.251. The molecule has 0 fully saturated rings. The highest BCUT2D eigenvalue weighted by Gasteiger charge is 2.22.